The molecule has 1 aromatic heterocycles. The first kappa shape index (κ1) is 7.79. The number of nitrogens with zero attached hydrogens (tertiary/aromatic N) is 3. The lowest BCUT2D eigenvalue weighted by molar-refractivity contribution is 0.617. The summed E-state index contributed by atoms with van der Waals surface area (Å²) in [7, 11) is 1.61. The van der Waals surface area contributed by atoms with E-state index in [0.29, 0.717) is 5.82 Å². The largest absolute Gasteiger partial charge is 0.567 e. The van der Waals surface area contributed by atoms with Gasteiger partial charge < -0.3 is 4.65 Å². The first-order valence-electron chi connectivity index (χ1n) is 3.79. The van der Waals surface area contributed by atoms with Crippen molar-refractivity contribution in [1.29, 1.82) is 0 Å². The Morgan fingerprint density at radius 2 is 2.15 bits per heavy atom. The van der Waals surface area contributed by atoms with Gasteiger partial charge in [0.15, 0.2) is 5.82 Å². The molecule has 5 nitrogen and oxygen atoms in total. The lowest BCUT2D eigenvalue weighted by Crippen LogP contribution is -1.90. The minimum Gasteiger partial charge on any atom is -0.567 e. The Morgan fingerprint density at radius 3 is 2.85 bits per heavy atom. The van der Waals surface area contributed by atoms with Crippen molar-refractivity contribution in [2.24, 2.45) is 0 Å². The van der Waals surface area contributed by atoms with Gasteiger partial charge in [0.1, 0.15) is 5.75 Å². The van der Waals surface area contributed by atoms with Crippen molar-refractivity contribution in [2.45, 2.75) is 0 Å². The number of benzene rings is 1. The highest BCUT2D eigenvalue weighted by molar-refractivity contribution is 6.00. The smallest absolute Gasteiger partial charge is 0.322 e. The van der Waals surface area contributed by atoms with Gasteiger partial charge in [-0.15, -0.1) is 5.10 Å². The Bertz CT molecular complexity index is 389. The molecule has 0 unspecified atom stereocenters. The van der Waals surface area contributed by atoms with Gasteiger partial charge in [0.25, 0.3) is 0 Å². The highest BCUT2D eigenvalue weighted by Gasteiger charge is 2.06. The molecule has 0 aliphatic carbocycles. The average Bonchev–Trinajstić information content (AvgIpc) is 2.70. The fourth-order valence-electron chi connectivity index (χ4n) is 1.11. The van der Waals surface area contributed by atoms with Gasteiger partial charge in [0.2, 0.25) is 0 Å². The van der Waals surface area contributed by atoms with Gasteiger partial charge in [-0.05, 0) is 22.6 Å². The van der Waals surface area contributed by atoms with Crippen LogP contribution in [0.1, 0.15) is 0 Å². The van der Waals surface area contributed by atoms with E-state index in [1.807, 2.05) is 24.3 Å². The highest BCUT2D eigenvalue weighted by Crippen LogP contribution is 2.25. The number of tetrazole rings is 1. The predicted molar refractivity (Wildman–Crippen MR) is 48.8 cm³/mol. The standard InChI is InChI=1S/C7H7BN4O/c8-13-6-4-2-1-3-5(6)7-9-11-12-10-7/h1-4H,8H2,(H,9,10,11,12). The lowest BCUT2D eigenvalue weighted by Gasteiger charge is -2.04. The van der Waals surface area contributed by atoms with Gasteiger partial charge >= 0.3 is 8.05 Å². The lowest BCUT2D eigenvalue weighted by atomic mass is 10.2. The molecule has 0 fully saturated rings. The van der Waals surface area contributed by atoms with E-state index < -0.39 is 0 Å². The summed E-state index contributed by atoms with van der Waals surface area (Å²) in [4.78, 5) is 0. The van der Waals surface area contributed by atoms with Crippen LogP contribution >= 0.6 is 0 Å². The van der Waals surface area contributed by atoms with Gasteiger partial charge in [-0.25, -0.2) is 5.10 Å². The average molecular weight is 174 g/mol. The molecule has 0 saturated heterocycles. The van der Waals surface area contributed by atoms with E-state index in [1.165, 1.54) is 0 Å². The van der Waals surface area contributed by atoms with Crippen molar-refractivity contribution < 1.29 is 4.65 Å². The molecule has 1 N–H and O–H groups in total. The maximum Gasteiger partial charge on any atom is 0.322 e. The molecule has 0 radical (unpaired) electrons. The molecule has 0 atom stereocenters. The van der Waals surface area contributed by atoms with E-state index in [0.717, 1.165) is 11.3 Å². The van der Waals surface area contributed by atoms with Gasteiger partial charge in [0, 0.05) is 0 Å². The molecule has 0 spiro atoms. The van der Waals surface area contributed by atoms with Crippen LogP contribution < -0.4 is 4.65 Å². The van der Waals surface area contributed by atoms with Gasteiger partial charge in [0.05, 0.1) is 5.56 Å². The Balaban J connectivity index is 2.51. The van der Waals surface area contributed by atoms with Crippen LogP contribution in [-0.2, 0) is 0 Å². The van der Waals surface area contributed by atoms with E-state index in [2.05, 4.69) is 20.6 Å². The van der Waals surface area contributed by atoms with E-state index in [1.54, 1.807) is 8.05 Å². The molecule has 0 amide bonds. The van der Waals surface area contributed by atoms with Crippen LogP contribution in [0.2, 0.25) is 0 Å². The maximum atomic E-state index is 5.15. The Morgan fingerprint density at radius 1 is 1.31 bits per heavy atom. The first-order chi connectivity index (χ1) is 6.42. The van der Waals surface area contributed by atoms with Crippen LogP contribution in [0.25, 0.3) is 11.4 Å². The molecule has 0 aliphatic rings. The second-order valence-electron chi connectivity index (χ2n) is 2.45. The molecule has 0 saturated carbocycles. The third-order valence-electron chi connectivity index (χ3n) is 1.71. The monoisotopic (exact) mass is 174 g/mol. The summed E-state index contributed by atoms with van der Waals surface area (Å²) in [6.45, 7) is 0. The second kappa shape index (κ2) is 3.26. The number of nitrogens with one attached hydrogen (secondary N) is 1. The zero-order valence-corrected chi connectivity index (χ0v) is 7.06. The second-order valence-corrected chi connectivity index (χ2v) is 2.45. The van der Waals surface area contributed by atoms with Crippen LogP contribution in [0.15, 0.2) is 24.3 Å². The normalized spacial score (nSPS) is 9.85. The summed E-state index contributed by atoms with van der Waals surface area (Å²) in [6.07, 6.45) is 0. The van der Waals surface area contributed by atoms with E-state index in [-0.39, 0.29) is 0 Å². The van der Waals surface area contributed by atoms with E-state index in [4.69, 9.17) is 4.65 Å². The third-order valence-corrected chi connectivity index (χ3v) is 1.71. The summed E-state index contributed by atoms with van der Waals surface area (Å²) < 4.78 is 5.15. The van der Waals surface area contributed by atoms with Gasteiger partial charge in [-0.3, -0.25) is 0 Å². The van der Waals surface area contributed by atoms with Crippen molar-refractivity contribution in [3.05, 3.63) is 24.3 Å². The molecular formula is C7H7BN4O. The first-order valence-corrected chi connectivity index (χ1v) is 3.79. The van der Waals surface area contributed by atoms with Crippen LogP contribution in [0, 0.1) is 0 Å². The van der Waals surface area contributed by atoms with Crippen molar-refractivity contribution in [3.8, 4) is 17.1 Å². The van der Waals surface area contributed by atoms with Crippen LogP contribution in [-0.4, -0.2) is 28.7 Å². The van der Waals surface area contributed by atoms with Crippen LogP contribution in [0.4, 0.5) is 0 Å². The molecular weight excluding hydrogens is 167 g/mol. The van der Waals surface area contributed by atoms with E-state index >= 15 is 0 Å². The zero-order chi connectivity index (χ0) is 9.10. The molecule has 0 bridgehead atoms. The fraction of sp³-hybridized carbons (Fsp3) is 0. The third kappa shape index (κ3) is 1.38. The fourth-order valence-corrected chi connectivity index (χ4v) is 1.11. The van der Waals surface area contributed by atoms with Crippen LogP contribution in [0.5, 0.6) is 5.75 Å². The number of hydrogen-bond acceptors (Lipinski definition) is 4. The summed E-state index contributed by atoms with van der Waals surface area (Å²) in [5, 5.41) is 13.5. The summed E-state index contributed by atoms with van der Waals surface area (Å²) in [5.74, 6) is 1.36. The summed E-state index contributed by atoms with van der Waals surface area (Å²) in [5.41, 5.74) is 0.856. The Kier molecular flexibility index (Phi) is 1.95. The highest BCUT2D eigenvalue weighted by atomic mass is 16.4. The molecule has 0 aliphatic heterocycles. The molecule has 2 rings (SSSR count). The predicted octanol–water partition coefficient (Wildman–Crippen LogP) is -0.206. The number of H-pyrrole nitrogens is 1. The SMILES string of the molecule is BOc1ccccc1-c1nnn[nH]1. The number of rotatable bonds is 2. The molecule has 1 heterocycles. The molecule has 2 aromatic rings. The van der Waals surface area contributed by atoms with Gasteiger partial charge in [-0.1, -0.05) is 12.1 Å². The molecule has 64 valence electrons. The minimum atomic E-state index is 0.609. The van der Waals surface area contributed by atoms with Crippen molar-refractivity contribution >= 4 is 8.05 Å². The topological polar surface area (TPSA) is 63.7 Å². The van der Waals surface area contributed by atoms with Gasteiger partial charge in [-0.2, -0.15) is 0 Å². The molecule has 13 heavy (non-hydrogen) atoms. The zero-order valence-electron chi connectivity index (χ0n) is 7.06. The minimum absolute atomic E-state index is 0.609. The van der Waals surface area contributed by atoms with Crippen molar-refractivity contribution in [3.63, 3.8) is 0 Å². The van der Waals surface area contributed by atoms with Crippen molar-refractivity contribution in [1.82, 2.24) is 20.6 Å². The quantitative estimate of drug-likeness (QED) is 0.640. The Hall–Kier alpha value is -1.85. The maximum absolute atomic E-state index is 5.15. The summed E-state index contributed by atoms with van der Waals surface area (Å²) in [6, 6.07) is 7.55. The number of para-hydroxylation sites is 1. The molecule has 1 aromatic carbocycles. The molecule has 6 heteroatoms. The van der Waals surface area contributed by atoms with E-state index in [9.17, 15) is 0 Å². The number of aromatic nitrogens is 4. The van der Waals surface area contributed by atoms with Crippen LogP contribution in [0.3, 0.4) is 0 Å². The van der Waals surface area contributed by atoms with Crippen molar-refractivity contribution in [2.75, 3.05) is 0 Å². The Labute approximate surface area is 75.6 Å². The number of hydrogen-bond donors (Lipinski definition) is 1. The summed E-state index contributed by atoms with van der Waals surface area (Å²) >= 11 is 0. The number of aromatic amines is 1.